The fourth-order valence-electron chi connectivity index (χ4n) is 4.30. The summed E-state index contributed by atoms with van der Waals surface area (Å²) in [5.74, 6) is 0.950. The van der Waals surface area contributed by atoms with E-state index in [1.165, 1.54) is 38.5 Å². The van der Waals surface area contributed by atoms with E-state index >= 15 is 0 Å². The van der Waals surface area contributed by atoms with Gasteiger partial charge in [-0.3, -0.25) is 4.79 Å². The zero-order valence-electron chi connectivity index (χ0n) is 13.1. The second-order valence-electron chi connectivity index (χ2n) is 7.61. The molecule has 0 atom stereocenters. The first-order valence-electron chi connectivity index (χ1n) is 8.36. The molecule has 116 valence electrons. The van der Waals surface area contributed by atoms with Gasteiger partial charge in [0.2, 0.25) is 5.91 Å². The van der Waals surface area contributed by atoms with E-state index in [0.717, 1.165) is 31.1 Å². The summed E-state index contributed by atoms with van der Waals surface area (Å²) in [5, 5.41) is 4.36. The molecule has 0 aromatic rings. The highest BCUT2D eigenvalue weighted by Crippen LogP contribution is 2.44. The summed E-state index contributed by atoms with van der Waals surface area (Å²) in [4.78, 5) is 12.8. The minimum absolute atomic E-state index is 0.0553. The van der Waals surface area contributed by atoms with Gasteiger partial charge in [0.15, 0.2) is 0 Å². The minimum Gasteiger partial charge on any atom is -0.355 e. The van der Waals surface area contributed by atoms with E-state index in [9.17, 15) is 4.79 Å². The summed E-state index contributed by atoms with van der Waals surface area (Å²) in [6.45, 7) is 5.35. The second kappa shape index (κ2) is 6.81. The molecule has 2 fully saturated rings. The number of alkyl halides is 1. The van der Waals surface area contributed by atoms with Crippen LogP contribution in [-0.4, -0.2) is 17.8 Å². The first-order chi connectivity index (χ1) is 9.52. The van der Waals surface area contributed by atoms with Crippen LogP contribution in [0.15, 0.2) is 0 Å². The summed E-state index contributed by atoms with van der Waals surface area (Å²) < 4.78 is 0. The molecule has 0 saturated heterocycles. The van der Waals surface area contributed by atoms with Gasteiger partial charge in [-0.15, -0.1) is 0 Å². The number of amides is 1. The summed E-state index contributed by atoms with van der Waals surface area (Å²) in [6, 6.07) is 0. The highest BCUT2D eigenvalue weighted by molar-refractivity contribution is 9.09. The average molecular weight is 344 g/mol. The second-order valence-corrected chi connectivity index (χ2v) is 8.17. The van der Waals surface area contributed by atoms with E-state index in [1.54, 1.807) is 0 Å². The zero-order chi connectivity index (χ0) is 14.6. The Morgan fingerprint density at radius 3 is 2.15 bits per heavy atom. The van der Waals surface area contributed by atoms with Crippen molar-refractivity contribution >= 4 is 21.8 Å². The standard InChI is InChI=1S/C17H30BrNO/c1-14(2)11-17(9-5-6-10-17)15(20)19-13-16(12-18)7-3-4-8-16/h14H,3-13H2,1-2H3,(H,19,20). The third-order valence-electron chi connectivity index (χ3n) is 5.41. The summed E-state index contributed by atoms with van der Waals surface area (Å²) in [6.07, 6.45) is 10.9. The maximum Gasteiger partial charge on any atom is 0.226 e. The smallest absolute Gasteiger partial charge is 0.226 e. The van der Waals surface area contributed by atoms with Gasteiger partial charge in [-0.2, -0.15) is 0 Å². The van der Waals surface area contributed by atoms with Crippen LogP contribution >= 0.6 is 15.9 Å². The van der Waals surface area contributed by atoms with Crippen molar-refractivity contribution in [1.82, 2.24) is 5.32 Å². The lowest BCUT2D eigenvalue weighted by Gasteiger charge is -2.33. The molecule has 2 saturated carbocycles. The molecular weight excluding hydrogens is 314 g/mol. The quantitative estimate of drug-likeness (QED) is 0.698. The Labute approximate surface area is 132 Å². The highest BCUT2D eigenvalue weighted by atomic mass is 79.9. The Bertz CT molecular complexity index is 328. The van der Waals surface area contributed by atoms with Gasteiger partial charge >= 0.3 is 0 Å². The third kappa shape index (κ3) is 3.58. The average Bonchev–Trinajstić information content (AvgIpc) is 3.06. The van der Waals surface area contributed by atoms with Gasteiger partial charge in [0.1, 0.15) is 0 Å². The molecule has 2 rings (SSSR count). The fourth-order valence-corrected chi connectivity index (χ4v) is 5.05. The number of hydrogen-bond acceptors (Lipinski definition) is 1. The van der Waals surface area contributed by atoms with Crippen molar-refractivity contribution in [3.63, 3.8) is 0 Å². The van der Waals surface area contributed by atoms with E-state index in [4.69, 9.17) is 0 Å². The Kier molecular flexibility index (Phi) is 5.56. The predicted octanol–water partition coefficient (Wildman–Crippen LogP) is 4.66. The predicted molar refractivity (Wildman–Crippen MR) is 88.1 cm³/mol. The molecule has 0 radical (unpaired) electrons. The van der Waals surface area contributed by atoms with Crippen LogP contribution in [0.5, 0.6) is 0 Å². The Morgan fingerprint density at radius 1 is 1.10 bits per heavy atom. The molecule has 0 unspecified atom stereocenters. The molecule has 0 spiro atoms. The van der Waals surface area contributed by atoms with Crippen molar-refractivity contribution in [2.45, 2.75) is 71.6 Å². The van der Waals surface area contributed by atoms with Gasteiger partial charge in [0, 0.05) is 17.3 Å². The SMILES string of the molecule is CC(C)CC1(C(=O)NCC2(CBr)CCCC2)CCCC1. The van der Waals surface area contributed by atoms with Gasteiger partial charge in [-0.1, -0.05) is 55.5 Å². The molecule has 2 aliphatic rings. The van der Waals surface area contributed by atoms with Crippen LogP contribution in [0.1, 0.15) is 71.6 Å². The van der Waals surface area contributed by atoms with E-state index < -0.39 is 0 Å². The molecule has 20 heavy (non-hydrogen) atoms. The Morgan fingerprint density at radius 2 is 1.65 bits per heavy atom. The van der Waals surface area contributed by atoms with Crippen LogP contribution in [0.4, 0.5) is 0 Å². The molecule has 1 amide bonds. The maximum atomic E-state index is 12.8. The van der Waals surface area contributed by atoms with Gasteiger partial charge in [0.25, 0.3) is 0 Å². The molecule has 0 heterocycles. The van der Waals surface area contributed by atoms with Crippen molar-refractivity contribution < 1.29 is 4.79 Å². The van der Waals surface area contributed by atoms with Crippen molar-refractivity contribution in [2.75, 3.05) is 11.9 Å². The largest absolute Gasteiger partial charge is 0.355 e. The number of carbonyl (C=O) groups excluding carboxylic acids is 1. The minimum atomic E-state index is -0.0553. The van der Waals surface area contributed by atoms with Gasteiger partial charge < -0.3 is 5.32 Å². The Balaban J connectivity index is 1.95. The lowest BCUT2D eigenvalue weighted by atomic mass is 9.77. The van der Waals surface area contributed by atoms with Crippen LogP contribution in [0.25, 0.3) is 0 Å². The summed E-state index contributed by atoms with van der Waals surface area (Å²) >= 11 is 3.67. The third-order valence-corrected chi connectivity index (χ3v) is 6.60. The number of nitrogens with one attached hydrogen (secondary N) is 1. The maximum absolute atomic E-state index is 12.8. The molecule has 0 aliphatic heterocycles. The number of hydrogen-bond donors (Lipinski definition) is 1. The van der Waals surface area contributed by atoms with Crippen LogP contribution in [0.2, 0.25) is 0 Å². The van der Waals surface area contributed by atoms with Crippen LogP contribution in [0.3, 0.4) is 0 Å². The fraction of sp³-hybridized carbons (Fsp3) is 0.941. The molecule has 0 aromatic heterocycles. The van der Waals surface area contributed by atoms with E-state index in [0.29, 0.717) is 17.2 Å². The molecule has 2 aliphatic carbocycles. The first kappa shape index (κ1) is 16.3. The van der Waals surface area contributed by atoms with Crippen molar-refractivity contribution in [1.29, 1.82) is 0 Å². The van der Waals surface area contributed by atoms with Crippen molar-refractivity contribution in [3.05, 3.63) is 0 Å². The zero-order valence-corrected chi connectivity index (χ0v) is 14.7. The number of halogens is 1. The number of carbonyl (C=O) groups is 1. The van der Waals surface area contributed by atoms with Crippen molar-refractivity contribution in [2.24, 2.45) is 16.7 Å². The van der Waals surface area contributed by atoms with Crippen LogP contribution < -0.4 is 5.32 Å². The van der Waals surface area contributed by atoms with Crippen LogP contribution in [0, 0.1) is 16.7 Å². The molecule has 1 N–H and O–H groups in total. The molecular formula is C17H30BrNO. The van der Waals surface area contributed by atoms with Gasteiger partial charge in [-0.05, 0) is 43.4 Å². The number of rotatable bonds is 6. The van der Waals surface area contributed by atoms with E-state index in [1.807, 2.05) is 0 Å². The molecule has 2 nitrogen and oxygen atoms in total. The van der Waals surface area contributed by atoms with Gasteiger partial charge in [-0.25, -0.2) is 0 Å². The molecule has 0 aromatic carbocycles. The molecule has 3 heteroatoms. The Hall–Kier alpha value is -0.0500. The lowest BCUT2D eigenvalue weighted by molar-refractivity contribution is -0.132. The normalized spacial score (nSPS) is 24.2. The van der Waals surface area contributed by atoms with E-state index in [2.05, 4.69) is 35.1 Å². The van der Waals surface area contributed by atoms with E-state index in [-0.39, 0.29) is 5.41 Å². The monoisotopic (exact) mass is 343 g/mol. The summed E-state index contributed by atoms with van der Waals surface area (Å²) in [5.41, 5.74) is 0.271. The molecule has 0 bridgehead atoms. The van der Waals surface area contributed by atoms with Crippen molar-refractivity contribution in [3.8, 4) is 0 Å². The topological polar surface area (TPSA) is 29.1 Å². The van der Waals surface area contributed by atoms with Gasteiger partial charge in [0.05, 0.1) is 0 Å². The van der Waals surface area contributed by atoms with Crippen LogP contribution in [-0.2, 0) is 4.79 Å². The summed E-state index contributed by atoms with van der Waals surface area (Å²) in [7, 11) is 0. The first-order valence-corrected chi connectivity index (χ1v) is 9.48. The lowest BCUT2D eigenvalue weighted by Crippen LogP contribution is -2.45. The highest BCUT2D eigenvalue weighted by Gasteiger charge is 2.42.